The first-order valence-electron chi connectivity index (χ1n) is 2.76. The van der Waals surface area contributed by atoms with Crippen LogP contribution in [-0.2, 0) is 0 Å². The Kier molecular flexibility index (Phi) is 2.51. The molecule has 0 aromatic carbocycles. The third kappa shape index (κ3) is 1.41. The minimum Gasteiger partial charge on any atom is -0.230 e. The van der Waals surface area contributed by atoms with E-state index in [0.717, 1.165) is 10.6 Å². The van der Waals surface area contributed by atoms with Gasteiger partial charge in [0.1, 0.15) is 16.5 Å². The van der Waals surface area contributed by atoms with Crippen LogP contribution < -0.4 is 0 Å². The van der Waals surface area contributed by atoms with Crippen LogP contribution in [0.4, 0.5) is 0 Å². The standard InChI is InChI=1S/C6H7ClN2S/c1-4-5(7)8-3-9-6(4)10-2/h3H,1-2H3. The number of rotatable bonds is 1. The zero-order valence-electron chi connectivity index (χ0n) is 5.76. The minimum absolute atomic E-state index is 0.541. The van der Waals surface area contributed by atoms with Gasteiger partial charge >= 0.3 is 0 Å². The van der Waals surface area contributed by atoms with Crippen molar-refractivity contribution in [1.29, 1.82) is 0 Å². The summed E-state index contributed by atoms with van der Waals surface area (Å²) in [6, 6.07) is 0. The molecule has 1 aromatic rings. The van der Waals surface area contributed by atoms with Crippen LogP contribution in [0.25, 0.3) is 0 Å². The lowest BCUT2D eigenvalue weighted by molar-refractivity contribution is 1.01. The Morgan fingerprint density at radius 2 is 2.20 bits per heavy atom. The molecule has 0 spiro atoms. The van der Waals surface area contributed by atoms with Crippen molar-refractivity contribution in [2.45, 2.75) is 11.9 Å². The lowest BCUT2D eigenvalue weighted by Crippen LogP contribution is -1.87. The predicted molar refractivity (Wildman–Crippen MR) is 43.6 cm³/mol. The Balaban J connectivity index is 3.14. The molecule has 0 aliphatic carbocycles. The van der Waals surface area contributed by atoms with Crippen molar-refractivity contribution in [3.05, 3.63) is 17.0 Å². The molecule has 0 saturated carbocycles. The quantitative estimate of drug-likeness (QED) is 0.482. The van der Waals surface area contributed by atoms with Crippen molar-refractivity contribution in [3.63, 3.8) is 0 Å². The molecule has 54 valence electrons. The van der Waals surface area contributed by atoms with Gasteiger partial charge in [0, 0.05) is 5.56 Å². The van der Waals surface area contributed by atoms with E-state index in [1.807, 2.05) is 13.2 Å². The molecule has 2 nitrogen and oxygen atoms in total. The molecule has 0 fully saturated rings. The molecule has 4 heteroatoms. The maximum atomic E-state index is 5.73. The second-order valence-electron chi connectivity index (χ2n) is 1.80. The summed E-state index contributed by atoms with van der Waals surface area (Å²) in [5, 5.41) is 1.49. The fourth-order valence-corrected chi connectivity index (χ4v) is 1.36. The van der Waals surface area contributed by atoms with Crippen molar-refractivity contribution >= 4 is 23.4 Å². The van der Waals surface area contributed by atoms with Gasteiger partial charge in [0.15, 0.2) is 0 Å². The summed E-state index contributed by atoms with van der Waals surface area (Å²) in [5.74, 6) is 0. The van der Waals surface area contributed by atoms with Crippen molar-refractivity contribution in [1.82, 2.24) is 9.97 Å². The van der Waals surface area contributed by atoms with E-state index >= 15 is 0 Å². The van der Waals surface area contributed by atoms with Crippen LogP contribution in [0.2, 0.25) is 5.15 Å². The van der Waals surface area contributed by atoms with Crippen molar-refractivity contribution in [3.8, 4) is 0 Å². The largest absolute Gasteiger partial charge is 0.230 e. The second-order valence-corrected chi connectivity index (χ2v) is 2.95. The summed E-state index contributed by atoms with van der Waals surface area (Å²) in [4.78, 5) is 7.85. The summed E-state index contributed by atoms with van der Waals surface area (Å²) in [6.07, 6.45) is 3.44. The summed E-state index contributed by atoms with van der Waals surface area (Å²) < 4.78 is 0. The Hall–Kier alpha value is -0.280. The van der Waals surface area contributed by atoms with Gasteiger partial charge in [-0.15, -0.1) is 11.8 Å². The summed E-state index contributed by atoms with van der Waals surface area (Å²) in [6.45, 7) is 1.91. The van der Waals surface area contributed by atoms with Crippen LogP contribution in [0.1, 0.15) is 5.56 Å². The average Bonchev–Trinajstić information content (AvgIpc) is 1.95. The van der Waals surface area contributed by atoms with E-state index in [-0.39, 0.29) is 0 Å². The monoisotopic (exact) mass is 174 g/mol. The molecule has 0 saturated heterocycles. The molecule has 0 radical (unpaired) electrons. The molecule has 0 atom stereocenters. The Bertz CT molecular complexity index is 239. The third-order valence-electron chi connectivity index (χ3n) is 1.17. The van der Waals surface area contributed by atoms with Crippen molar-refractivity contribution in [2.24, 2.45) is 0 Å². The third-order valence-corrected chi connectivity index (χ3v) is 2.35. The number of aromatic nitrogens is 2. The first-order chi connectivity index (χ1) is 4.75. The number of thioether (sulfide) groups is 1. The summed E-state index contributed by atoms with van der Waals surface area (Å²) >= 11 is 7.30. The smallest absolute Gasteiger partial charge is 0.136 e. The molecule has 0 unspecified atom stereocenters. The van der Waals surface area contributed by atoms with Gasteiger partial charge < -0.3 is 0 Å². The molecule has 0 N–H and O–H groups in total. The van der Waals surface area contributed by atoms with E-state index in [4.69, 9.17) is 11.6 Å². The van der Waals surface area contributed by atoms with E-state index in [0.29, 0.717) is 5.15 Å². The molecule has 0 amide bonds. The number of nitrogens with zero attached hydrogens (tertiary/aromatic N) is 2. The summed E-state index contributed by atoms with van der Waals surface area (Å²) in [5.41, 5.74) is 0.955. The van der Waals surface area contributed by atoms with Crippen molar-refractivity contribution in [2.75, 3.05) is 6.26 Å². The van der Waals surface area contributed by atoms with E-state index in [9.17, 15) is 0 Å². The van der Waals surface area contributed by atoms with Crippen LogP contribution in [-0.4, -0.2) is 16.2 Å². The highest BCUT2D eigenvalue weighted by Crippen LogP contribution is 2.20. The van der Waals surface area contributed by atoms with E-state index < -0.39 is 0 Å². The van der Waals surface area contributed by atoms with Gasteiger partial charge in [0.2, 0.25) is 0 Å². The normalized spacial score (nSPS) is 9.90. The molecule has 1 aromatic heterocycles. The van der Waals surface area contributed by atoms with E-state index in [1.54, 1.807) is 11.8 Å². The highest BCUT2D eigenvalue weighted by molar-refractivity contribution is 7.98. The number of hydrogen-bond donors (Lipinski definition) is 0. The Labute approximate surface area is 69.0 Å². The first-order valence-corrected chi connectivity index (χ1v) is 4.37. The van der Waals surface area contributed by atoms with Gasteiger partial charge in [0.25, 0.3) is 0 Å². The van der Waals surface area contributed by atoms with Crippen LogP contribution >= 0.6 is 23.4 Å². The molecule has 1 rings (SSSR count). The predicted octanol–water partition coefficient (Wildman–Crippen LogP) is 2.16. The highest BCUT2D eigenvalue weighted by Gasteiger charge is 2.01. The Morgan fingerprint density at radius 3 is 2.70 bits per heavy atom. The molecule has 0 aliphatic heterocycles. The lowest BCUT2D eigenvalue weighted by atomic mass is 10.4. The number of halogens is 1. The minimum atomic E-state index is 0.541. The molecule has 0 bridgehead atoms. The van der Waals surface area contributed by atoms with Crippen LogP contribution in [0.15, 0.2) is 11.4 Å². The van der Waals surface area contributed by atoms with Gasteiger partial charge in [-0.3, -0.25) is 0 Å². The van der Waals surface area contributed by atoms with Crippen LogP contribution in [0, 0.1) is 6.92 Å². The van der Waals surface area contributed by atoms with Gasteiger partial charge in [0.05, 0.1) is 0 Å². The van der Waals surface area contributed by atoms with Gasteiger partial charge in [-0.2, -0.15) is 0 Å². The van der Waals surface area contributed by atoms with E-state index in [2.05, 4.69) is 9.97 Å². The first kappa shape index (κ1) is 7.82. The zero-order valence-corrected chi connectivity index (χ0v) is 7.33. The molecule has 0 aliphatic rings. The number of hydrogen-bond acceptors (Lipinski definition) is 3. The Morgan fingerprint density at radius 1 is 1.50 bits per heavy atom. The average molecular weight is 175 g/mol. The van der Waals surface area contributed by atoms with Gasteiger partial charge in [-0.05, 0) is 13.2 Å². The van der Waals surface area contributed by atoms with Crippen LogP contribution in [0.3, 0.4) is 0 Å². The second kappa shape index (κ2) is 3.21. The maximum Gasteiger partial charge on any atom is 0.136 e. The molecule has 1 heterocycles. The molecular formula is C6H7ClN2S. The SMILES string of the molecule is CSc1ncnc(Cl)c1C. The highest BCUT2D eigenvalue weighted by atomic mass is 35.5. The van der Waals surface area contributed by atoms with Gasteiger partial charge in [-0.25, -0.2) is 9.97 Å². The zero-order chi connectivity index (χ0) is 7.56. The van der Waals surface area contributed by atoms with Gasteiger partial charge in [-0.1, -0.05) is 11.6 Å². The van der Waals surface area contributed by atoms with E-state index in [1.165, 1.54) is 6.33 Å². The fraction of sp³-hybridized carbons (Fsp3) is 0.333. The summed E-state index contributed by atoms with van der Waals surface area (Å²) in [7, 11) is 0. The molecular weight excluding hydrogens is 168 g/mol. The molecule has 10 heavy (non-hydrogen) atoms. The fourth-order valence-electron chi connectivity index (χ4n) is 0.620. The van der Waals surface area contributed by atoms with Crippen LogP contribution in [0.5, 0.6) is 0 Å². The lowest BCUT2D eigenvalue weighted by Gasteiger charge is -1.99. The van der Waals surface area contributed by atoms with Crippen molar-refractivity contribution < 1.29 is 0 Å². The maximum absolute atomic E-state index is 5.73. The topological polar surface area (TPSA) is 25.8 Å².